The Hall–Kier alpha value is -0.130. The van der Waals surface area contributed by atoms with Crippen molar-refractivity contribution < 1.29 is 8.42 Å². The molecular weight excluding hydrogens is 212 g/mol. The van der Waals surface area contributed by atoms with E-state index in [-0.39, 0.29) is 11.8 Å². The minimum Gasteiger partial charge on any atom is -0.320 e. The Morgan fingerprint density at radius 1 is 1.40 bits per heavy atom. The van der Waals surface area contributed by atoms with Gasteiger partial charge in [0.2, 0.25) is 10.0 Å². The zero-order chi connectivity index (χ0) is 11.3. The van der Waals surface area contributed by atoms with E-state index in [0.29, 0.717) is 6.42 Å². The first-order valence-corrected chi connectivity index (χ1v) is 7.33. The lowest BCUT2D eigenvalue weighted by Crippen LogP contribution is -2.35. The first-order chi connectivity index (χ1) is 7.03. The summed E-state index contributed by atoms with van der Waals surface area (Å²) in [7, 11) is -1.23. The van der Waals surface area contributed by atoms with Gasteiger partial charge in [-0.05, 0) is 39.3 Å². The van der Waals surface area contributed by atoms with Crippen molar-refractivity contribution in [1.29, 1.82) is 0 Å². The van der Waals surface area contributed by atoms with Crippen LogP contribution in [-0.4, -0.2) is 33.8 Å². The minimum atomic E-state index is -3.06. The van der Waals surface area contributed by atoms with Crippen molar-refractivity contribution in [2.24, 2.45) is 5.92 Å². The third kappa shape index (κ3) is 6.12. The molecule has 0 aromatic rings. The lowest BCUT2D eigenvalue weighted by atomic mass is 10.2. The highest BCUT2D eigenvalue weighted by Gasteiger charge is 2.25. The third-order valence-corrected chi connectivity index (χ3v) is 4.19. The predicted octanol–water partition coefficient (Wildman–Crippen LogP) is 0.704. The third-order valence-electron chi connectivity index (χ3n) is 2.60. The van der Waals surface area contributed by atoms with Crippen LogP contribution in [0.2, 0.25) is 0 Å². The molecular formula is C10H22N2O2S. The fourth-order valence-corrected chi connectivity index (χ4v) is 3.06. The molecule has 0 aromatic carbocycles. The van der Waals surface area contributed by atoms with Crippen LogP contribution in [0.5, 0.6) is 0 Å². The molecule has 1 saturated carbocycles. The first kappa shape index (κ1) is 12.9. The highest BCUT2D eigenvalue weighted by Crippen LogP contribution is 2.33. The summed E-state index contributed by atoms with van der Waals surface area (Å²) in [4.78, 5) is 0. The van der Waals surface area contributed by atoms with E-state index in [1.165, 1.54) is 12.8 Å². The van der Waals surface area contributed by atoms with Crippen molar-refractivity contribution in [3.63, 3.8) is 0 Å². The lowest BCUT2D eigenvalue weighted by Gasteiger charge is -2.13. The van der Waals surface area contributed by atoms with Gasteiger partial charge in [0, 0.05) is 6.04 Å². The standard InChI is InChI=1S/C10H22N2O2S/c1-9(8-10-4-5-10)12-15(13,14)7-3-6-11-2/h9-12H,3-8H2,1-2H3. The van der Waals surface area contributed by atoms with Gasteiger partial charge in [0.15, 0.2) is 0 Å². The molecule has 1 aliphatic carbocycles. The van der Waals surface area contributed by atoms with Crippen LogP contribution in [0.3, 0.4) is 0 Å². The van der Waals surface area contributed by atoms with Gasteiger partial charge < -0.3 is 5.32 Å². The van der Waals surface area contributed by atoms with Crippen LogP contribution in [0, 0.1) is 5.92 Å². The molecule has 90 valence electrons. The van der Waals surface area contributed by atoms with Crippen molar-refractivity contribution in [3.8, 4) is 0 Å². The van der Waals surface area contributed by atoms with Gasteiger partial charge in [0.25, 0.3) is 0 Å². The maximum Gasteiger partial charge on any atom is 0.211 e. The van der Waals surface area contributed by atoms with Gasteiger partial charge in [0.1, 0.15) is 0 Å². The highest BCUT2D eigenvalue weighted by atomic mass is 32.2. The average molecular weight is 234 g/mol. The van der Waals surface area contributed by atoms with E-state index >= 15 is 0 Å². The average Bonchev–Trinajstić information content (AvgIpc) is 2.87. The van der Waals surface area contributed by atoms with E-state index in [1.807, 2.05) is 14.0 Å². The Morgan fingerprint density at radius 2 is 2.07 bits per heavy atom. The molecule has 2 N–H and O–H groups in total. The Kier molecular flexibility index (Phi) is 5.02. The van der Waals surface area contributed by atoms with Gasteiger partial charge in [0.05, 0.1) is 5.75 Å². The summed E-state index contributed by atoms with van der Waals surface area (Å²) in [6, 6.07) is 0.0945. The zero-order valence-corrected chi connectivity index (χ0v) is 10.4. The van der Waals surface area contributed by atoms with Crippen LogP contribution < -0.4 is 10.0 Å². The molecule has 0 saturated heterocycles. The fourth-order valence-electron chi connectivity index (χ4n) is 1.71. The van der Waals surface area contributed by atoms with E-state index in [0.717, 1.165) is 18.9 Å². The van der Waals surface area contributed by atoms with Gasteiger partial charge in [-0.25, -0.2) is 13.1 Å². The molecule has 0 bridgehead atoms. The van der Waals surface area contributed by atoms with Crippen molar-refractivity contribution in [3.05, 3.63) is 0 Å². The largest absolute Gasteiger partial charge is 0.320 e. The number of nitrogens with one attached hydrogen (secondary N) is 2. The number of rotatable bonds is 8. The quantitative estimate of drug-likeness (QED) is 0.608. The molecule has 0 aliphatic heterocycles. The van der Waals surface area contributed by atoms with Crippen LogP contribution in [0.1, 0.15) is 32.6 Å². The second-order valence-corrected chi connectivity index (χ2v) is 6.35. The summed E-state index contributed by atoms with van der Waals surface area (Å²) in [5, 5.41) is 2.94. The molecule has 0 radical (unpaired) electrons. The van der Waals surface area contributed by atoms with Gasteiger partial charge in [-0.2, -0.15) is 0 Å². The van der Waals surface area contributed by atoms with E-state index in [4.69, 9.17) is 0 Å². The Bertz CT molecular complexity index is 273. The molecule has 4 nitrogen and oxygen atoms in total. The molecule has 0 amide bonds. The normalized spacial score (nSPS) is 19.1. The maximum atomic E-state index is 11.6. The summed E-state index contributed by atoms with van der Waals surface area (Å²) in [6.07, 6.45) is 4.20. The SMILES string of the molecule is CNCCCS(=O)(=O)NC(C)CC1CC1. The summed E-state index contributed by atoms with van der Waals surface area (Å²) in [5.74, 6) is 0.989. The molecule has 5 heteroatoms. The van der Waals surface area contributed by atoms with Crippen molar-refractivity contribution in [2.75, 3.05) is 19.3 Å². The Balaban J connectivity index is 2.20. The van der Waals surface area contributed by atoms with Crippen LogP contribution in [-0.2, 0) is 10.0 Å². The highest BCUT2D eigenvalue weighted by molar-refractivity contribution is 7.89. The Morgan fingerprint density at radius 3 is 2.60 bits per heavy atom. The molecule has 15 heavy (non-hydrogen) atoms. The van der Waals surface area contributed by atoms with E-state index in [9.17, 15) is 8.42 Å². The molecule has 1 rings (SSSR count). The van der Waals surface area contributed by atoms with E-state index in [1.54, 1.807) is 0 Å². The van der Waals surface area contributed by atoms with Gasteiger partial charge >= 0.3 is 0 Å². The molecule has 1 atom stereocenters. The Labute approximate surface area is 92.9 Å². The van der Waals surface area contributed by atoms with Crippen molar-refractivity contribution >= 4 is 10.0 Å². The molecule has 0 spiro atoms. The van der Waals surface area contributed by atoms with Gasteiger partial charge in [-0.15, -0.1) is 0 Å². The summed E-state index contributed by atoms with van der Waals surface area (Å²) in [5.41, 5.74) is 0. The van der Waals surface area contributed by atoms with Crippen LogP contribution >= 0.6 is 0 Å². The lowest BCUT2D eigenvalue weighted by molar-refractivity contribution is 0.528. The molecule has 1 fully saturated rings. The molecule has 0 heterocycles. The first-order valence-electron chi connectivity index (χ1n) is 5.68. The number of hydrogen-bond donors (Lipinski definition) is 2. The number of sulfonamides is 1. The van der Waals surface area contributed by atoms with E-state index in [2.05, 4.69) is 10.0 Å². The molecule has 0 aromatic heterocycles. The summed E-state index contributed by atoms with van der Waals surface area (Å²) >= 11 is 0. The number of hydrogen-bond acceptors (Lipinski definition) is 3. The maximum absolute atomic E-state index is 11.6. The fraction of sp³-hybridized carbons (Fsp3) is 1.00. The topological polar surface area (TPSA) is 58.2 Å². The van der Waals surface area contributed by atoms with Crippen LogP contribution in [0.15, 0.2) is 0 Å². The van der Waals surface area contributed by atoms with Crippen molar-refractivity contribution in [2.45, 2.75) is 38.6 Å². The summed E-state index contributed by atoms with van der Waals surface area (Å²) in [6.45, 7) is 2.70. The van der Waals surface area contributed by atoms with E-state index < -0.39 is 10.0 Å². The minimum absolute atomic E-state index is 0.0945. The van der Waals surface area contributed by atoms with Gasteiger partial charge in [-0.1, -0.05) is 12.8 Å². The second-order valence-electron chi connectivity index (χ2n) is 4.47. The predicted molar refractivity (Wildman–Crippen MR) is 62.3 cm³/mol. The van der Waals surface area contributed by atoms with Crippen LogP contribution in [0.25, 0.3) is 0 Å². The molecule has 1 aliphatic rings. The zero-order valence-electron chi connectivity index (χ0n) is 9.62. The monoisotopic (exact) mass is 234 g/mol. The van der Waals surface area contributed by atoms with Crippen LogP contribution in [0.4, 0.5) is 0 Å². The smallest absolute Gasteiger partial charge is 0.211 e. The summed E-state index contributed by atoms with van der Waals surface area (Å²) < 4.78 is 25.9. The van der Waals surface area contributed by atoms with Gasteiger partial charge in [-0.3, -0.25) is 0 Å². The molecule has 1 unspecified atom stereocenters. The second kappa shape index (κ2) is 5.82. The van der Waals surface area contributed by atoms with Crippen molar-refractivity contribution in [1.82, 2.24) is 10.0 Å².